The van der Waals surface area contributed by atoms with Crippen molar-refractivity contribution >= 4 is 45.6 Å². The summed E-state index contributed by atoms with van der Waals surface area (Å²) < 4.78 is 0.460. The fourth-order valence-corrected chi connectivity index (χ4v) is 3.32. The first kappa shape index (κ1) is 10.0. The van der Waals surface area contributed by atoms with Crippen molar-refractivity contribution in [1.29, 1.82) is 0 Å². The van der Waals surface area contributed by atoms with Crippen molar-refractivity contribution < 1.29 is 4.92 Å². The molecule has 0 saturated carbocycles. The van der Waals surface area contributed by atoms with E-state index in [1.165, 1.54) is 18.1 Å². The van der Waals surface area contributed by atoms with Crippen LogP contribution >= 0.6 is 39.3 Å². The molecule has 5 nitrogen and oxygen atoms in total. The van der Waals surface area contributed by atoms with Gasteiger partial charge in [0, 0.05) is 0 Å². The molecule has 0 amide bonds. The second-order valence-electron chi connectivity index (χ2n) is 2.50. The van der Waals surface area contributed by atoms with Gasteiger partial charge in [-0.25, -0.2) is 0 Å². The van der Waals surface area contributed by atoms with Gasteiger partial charge in [0.1, 0.15) is 19.9 Å². The molecule has 0 aromatic heterocycles. The third-order valence-corrected chi connectivity index (χ3v) is 3.95. The summed E-state index contributed by atoms with van der Waals surface area (Å²) in [4.78, 5) is 14.3. The minimum absolute atomic E-state index is 0.00523. The molecule has 1 unspecified atom stereocenters. The summed E-state index contributed by atoms with van der Waals surface area (Å²) >= 11 is 10.2. The normalized spacial score (nSPS) is 25.1. The zero-order valence-corrected chi connectivity index (χ0v) is 9.69. The van der Waals surface area contributed by atoms with Crippen molar-refractivity contribution in [2.75, 3.05) is 0 Å². The first-order valence-electron chi connectivity index (χ1n) is 3.50. The van der Waals surface area contributed by atoms with Crippen LogP contribution < -0.4 is 5.32 Å². The zero-order chi connectivity index (χ0) is 10.3. The third kappa shape index (κ3) is 1.45. The van der Waals surface area contributed by atoms with Crippen LogP contribution in [0.5, 0.6) is 0 Å². The summed E-state index contributed by atoms with van der Waals surface area (Å²) in [5.41, 5.74) is 0.422. The van der Waals surface area contributed by atoms with E-state index in [1.54, 1.807) is 0 Å². The molecule has 8 heteroatoms. The summed E-state index contributed by atoms with van der Waals surface area (Å²) in [6.07, 6.45) is 1.44. The van der Waals surface area contributed by atoms with Crippen LogP contribution in [0.1, 0.15) is 0 Å². The monoisotopic (exact) mass is 295 g/mol. The molecule has 0 spiro atoms. The van der Waals surface area contributed by atoms with Gasteiger partial charge in [-0.15, -0.1) is 0 Å². The first-order valence-corrected chi connectivity index (χ1v) is 5.55. The van der Waals surface area contributed by atoms with Crippen LogP contribution in [0.25, 0.3) is 0 Å². The summed E-state index contributed by atoms with van der Waals surface area (Å²) in [5.74, 6) is 0. The molecular weight excluding hydrogens is 294 g/mol. The van der Waals surface area contributed by atoms with Crippen molar-refractivity contribution in [2.24, 2.45) is 4.99 Å². The molecule has 1 N–H and O–H groups in total. The lowest BCUT2D eigenvalue weighted by atomic mass is 10.2. The Bertz CT molecular complexity index is 406. The lowest BCUT2D eigenvalue weighted by Gasteiger charge is -2.12. The maximum atomic E-state index is 10.7. The molecular formula is C6H3BrClN3O2S. The Morgan fingerprint density at radius 3 is 3.14 bits per heavy atom. The van der Waals surface area contributed by atoms with Crippen LogP contribution in [-0.2, 0) is 0 Å². The second-order valence-corrected chi connectivity index (χ2v) is 5.29. The maximum Gasteiger partial charge on any atom is 0.299 e. The van der Waals surface area contributed by atoms with Crippen molar-refractivity contribution in [2.45, 2.75) is 5.37 Å². The minimum Gasteiger partial charge on any atom is -0.337 e. The van der Waals surface area contributed by atoms with Gasteiger partial charge in [0.25, 0.3) is 5.70 Å². The summed E-state index contributed by atoms with van der Waals surface area (Å²) in [6.45, 7) is 0. The van der Waals surface area contributed by atoms with E-state index in [9.17, 15) is 10.1 Å². The van der Waals surface area contributed by atoms with Crippen LogP contribution in [0.4, 0.5) is 0 Å². The maximum absolute atomic E-state index is 10.7. The van der Waals surface area contributed by atoms with Gasteiger partial charge in [-0.2, -0.15) is 0 Å². The Morgan fingerprint density at radius 2 is 2.50 bits per heavy atom. The molecule has 14 heavy (non-hydrogen) atoms. The largest absolute Gasteiger partial charge is 0.337 e. The fourth-order valence-electron chi connectivity index (χ4n) is 1.16. The van der Waals surface area contributed by atoms with E-state index in [0.29, 0.717) is 9.39 Å². The zero-order valence-electron chi connectivity index (χ0n) is 6.53. The molecule has 1 atom stereocenters. The number of nitrogens with one attached hydrogen (secondary N) is 1. The van der Waals surface area contributed by atoms with Crippen molar-refractivity contribution in [3.63, 3.8) is 0 Å². The highest BCUT2D eigenvalue weighted by molar-refractivity contribution is 9.14. The number of fused-ring (bicyclic) bond motifs is 1. The van der Waals surface area contributed by atoms with Crippen LogP contribution in [0.3, 0.4) is 0 Å². The molecule has 0 aromatic rings. The Morgan fingerprint density at radius 1 is 1.79 bits per heavy atom. The molecule has 0 aromatic carbocycles. The highest BCUT2D eigenvalue weighted by atomic mass is 79.9. The molecule has 2 heterocycles. The van der Waals surface area contributed by atoms with Gasteiger partial charge in [0.05, 0.1) is 11.3 Å². The number of nitrogens with zero attached hydrogens (tertiary/aromatic N) is 2. The van der Waals surface area contributed by atoms with E-state index in [0.717, 1.165) is 0 Å². The predicted molar refractivity (Wildman–Crippen MR) is 58.8 cm³/mol. The standard InChI is InChI=1S/C6H3BrClN3O2S/c7-4-3(11(12)13)2-5(8)9-1-10-6(2)14-4/h1,6H,(H,9,10). The Labute approximate surface area is 96.6 Å². The van der Waals surface area contributed by atoms with Crippen LogP contribution in [0, 0.1) is 10.1 Å². The van der Waals surface area contributed by atoms with E-state index in [2.05, 4.69) is 26.2 Å². The molecule has 0 bridgehead atoms. The average molecular weight is 297 g/mol. The van der Waals surface area contributed by atoms with Crippen LogP contribution in [-0.4, -0.2) is 16.6 Å². The molecule has 0 aliphatic carbocycles. The lowest BCUT2D eigenvalue weighted by Crippen LogP contribution is -2.21. The Hall–Kier alpha value is -0.530. The summed E-state index contributed by atoms with van der Waals surface area (Å²) in [5, 5.41) is 13.3. The van der Waals surface area contributed by atoms with Gasteiger partial charge in [0.15, 0.2) is 0 Å². The van der Waals surface area contributed by atoms with Gasteiger partial charge in [-0.05, 0) is 15.9 Å². The first-order chi connectivity index (χ1) is 6.61. The Kier molecular flexibility index (Phi) is 2.54. The molecule has 2 aliphatic heterocycles. The highest BCUT2D eigenvalue weighted by Gasteiger charge is 2.40. The smallest absolute Gasteiger partial charge is 0.299 e. The number of hydrogen-bond acceptors (Lipinski definition) is 5. The van der Waals surface area contributed by atoms with Gasteiger partial charge in [-0.1, -0.05) is 23.4 Å². The number of halogens is 2. The van der Waals surface area contributed by atoms with Gasteiger partial charge >= 0.3 is 0 Å². The summed E-state index contributed by atoms with van der Waals surface area (Å²) in [6, 6.07) is 0. The minimum atomic E-state index is -0.461. The second kappa shape index (κ2) is 3.56. The molecule has 0 saturated heterocycles. The predicted octanol–water partition coefficient (Wildman–Crippen LogP) is 1.98. The van der Waals surface area contributed by atoms with E-state index in [1.807, 2.05) is 0 Å². The molecule has 0 fully saturated rings. The Balaban J connectivity index is 2.51. The van der Waals surface area contributed by atoms with Gasteiger partial charge < -0.3 is 5.32 Å². The average Bonchev–Trinajstić information content (AvgIpc) is 2.42. The van der Waals surface area contributed by atoms with E-state index in [-0.39, 0.29) is 16.2 Å². The van der Waals surface area contributed by atoms with Crippen molar-refractivity contribution in [3.05, 3.63) is 30.4 Å². The lowest BCUT2D eigenvalue weighted by molar-refractivity contribution is -0.420. The van der Waals surface area contributed by atoms with E-state index in [4.69, 9.17) is 11.6 Å². The van der Waals surface area contributed by atoms with Crippen molar-refractivity contribution in [1.82, 2.24) is 5.32 Å². The third-order valence-electron chi connectivity index (χ3n) is 1.72. The molecule has 2 rings (SSSR count). The highest BCUT2D eigenvalue weighted by Crippen LogP contribution is 2.47. The number of nitro groups is 1. The van der Waals surface area contributed by atoms with Gasteiger partial charge in [-0.3, -0.25) is 15.1 Å². The fraction of sp³-hybridized carbons (Fsp3) is 0.167. The quantitative estimate of drug-likeness (QED) is 0.456. The number of rotatable bonds is 1. The molecule has 2 aliphatic rings. The SMILES string of the molecule is O=[N+]([O-])C1=C(Br)SC2N=CNC(Cl)=C12. The molecule has 74 valence electrons. The number of hydrogen-bond donors (Lipinski definition) is 1. The van der Waals surface area contributed by atoms with E-state index < -0.39 is 4.92 Å². The van der Waals surface area contributed by atoms with Crippen molar-refractivity contribution in [3.8, 4) is 0 Å². The molecule has 0 radical (unpaired) electrons. The van der Waals surface area contributed by atoms with E-state index >= 15 is 0 Å². The van der Waals surface area contributed by atoms with Crippen LogP contribution in [0.15, 0.2) is 25.2 Å². The summed E-state index contributed by atoms with van der Waals surface area (Å²) in [7, 11) is 0. The number of aliphatic imine (C=N–C) groups is 1. The van der Waals surface area contributed by atoms with Gasteiger partial charge in [0.2, 0.25) is 0 Å². The topological polar surface area (TPSA) is 67.5 Å². The number of thioether (sulfide) groups is 1. The van der Waals surface area contributed by atoms with Crippen LogP contribution in [0.2, 0.25) is 0 Å².